The van der Waals surface area contributed by atoms with Crippen molar-refractivity contribution in [3.63, 3.8) is 0 Å². The molecular weight excluding hydrogens is 366 g/mol. The molecule has 0 atom stereocenters. The Morgan fingerprint density at radius 3 is 2.55 bits per heavy atom. The van der Waals surface area contributed by atoms with Gasteiger partial charge in [0, 0.05) is 25.9 Å². The highest BCUT2D eigenvalue weighted by molar-refractivity contribution is 6.00. The topological polar surface area (TPSA) is 55.8 Å². The molecule has 2 aromatic carbocycles. The van der Waals surface area contributed by atoms with E-state index < -0.39 is 5.60 Å². The van der Waals surface area contributed by atoms with Gasteiger partial charge in [-0.2, -0.15) is 0 Å². The van der Waals surface area contributed by atoms with Crippen LogP contribution in [0.15, 0.2) is 48.5 Å². The number of para-hydroxylation sites is 1. The summed E-state index contributed by atoms with van der Waals surface area (Å²) in [5.41, 5.74) is 1.46. The van der Waals surface area contributed by atoms with E-state index in [9.17, 15) is 9.59 Å². The van der Waals surface area contributed by atoms with Crippen molar-refractivity contribution in [1.82, 2.24) is 4.90 Å². The van der Waals surface area contributed by atoms with Gasteiger partial charge in [-0.25, -0.2) is 0 Å². The number of ketones is 1. The Balaban J connectivity index is 1.27. The number of likely N-dealkylation sites (tertiary alicyclic amines) is 1. The van der Waals surface area contributed by atoms with Crippen LogP contribution in [0.5, 0.6) is 11.5 Å². The molecule has 0 N–H and O–H groups in total. The van der Waals surface area contributed by atoms with E-state index in [2.05, 4.69) is 6.92 Å². The van der Waals surface area contributed by atoms with Crippen molar-refractivity contribution in [1.29, 1.82) is 0 Å². The zero-order valence-corrected chi connectivity index (χ0v) is 16.9. The van der Waals surface area contributed by atoms with Crippen LogP contribution in [0.3, 0.4) is 0 Å². The van der Waals surface area contributed by atoms with E-state index in [1.807, 2.05) is 53.4 Å². The Bertz CT molecular complexity index is 882. The summed E-state index contributed by atoms with van der Waals surface area (Å²) in [4.78, 5) is 26.9. The van der Waals surface area contributed by atoms with Gasteiger partial charge in [0.1, 0.15) is 17.1 Å². The minimum atomic E-state index is -0.472. The third-order valence-corrected chi connectivity index (χ3v) is 5.94. The Hall–Kier alpha value is -2.82. The van der Waals surface area contributed by atoms with Crippen LogP contribution in [0.25, 0.3) is 0 Å². The molecule has 0 bridgehead atoms. The minimum absolute atomic E-state index is 0.0903. The lowest BCUT2D eigenvalue weighted by Gasteiger charge is -2.44. The second-order valence-corrected chi connectivity index (χ2v) is 7.86. The highest BCUT2D eigenvalue weighted by Crippen LogP contribution is 2.39. The lowest BCUT2D eigenvalue weighted by molar-refractivity contribution is -0.135. The summed E-state index contributed by atoms with van der Waals surface area (Å²) in [6.07, 6.45) is 3.10. The number of fused-ring (bicyclic) bond motifs is 1. The van der Waals surface area contributed by atoms with E-state index in [0.717, 1.165) is 12.2 Å². The molecule has 2 heterocycles. The van der Waals surface area contributed by atoms with E-state index in [1.165, 1.54) is 5.56 Å². The molecule has 152 valence electrons. The summed E-state index contributed by atoms with van der Waals surface area (Å²) < 4.78 is 11.9. The molecule has 2 aliphatic rings. The zero-order valence-electron chi connectivity index (χ0n) is 16.9. The third-order valence-electron chi connectivity index (χ3n) is 5.94. The Morgan fingerprint density at radius 2 is 1.83 bits per heavy atom. The van der Waals surface area contributed by atoms with Gasteiger partial charge in [0.05, 0.1) is 25.0 Å². The van der Waals surface area contributed by atoms with E-state index in [-0.39, 0.29) is 11.7 Å². The van der Waals surface area contributed by atoms with E-state index in [1.54, 1.807) is 0 Å². The summed E-state index contributed by atoms with van der Waals surface area (Å²) in [5.74, 6) is 1.69. The normalized spacial score (nSPS) is 17.6. The average molecular weight is 393 g/mol. The number of Topliss-reactive ketones (excluding diaryl/α,β-unsaturated/α-hetero) is 1. The molecule has 1 spiro atoms. The van der Waals surface area contributed by atoms with Crippen molar-refractivity contribution in [3.05, 3.63) is 59.7 Å². The monoisotopic (exact) mass is 393 g/mol. The number of carbonyl (C=O) groups is 2. The van der Waals surface area contributed by atoms with Crippen LogP contribution in [0, 0.1) is 0 Å². The SMILES string of the molecule is CCc1ccc(OCCC(=O)N2CCC3(CC2)CC(=O)c2ccccc2O3)cc1. The van der Waals surface area contributed by atoms with Gasteiger partial charge in [0.15, 0.2) is 5.78 Å². The first kappa shape index (κ1) is 19.5. The number of aryl methyl sites for hydroxylation is 1. The first-order valence-electron chi connectivity index (χ1n) is 10.4. The molecule has 2 aliphatic heterocycles. The standard InChI is InChI=1S/C24H27NO4/c1-2-18-7-9-19(10-8-18)28-16-11-23(27)25-14-12-24(13-15-25)17-21(26)20-5-3-4-6-22(20)29-24/h3-10H,2,11-17H2,1H3. The van der Waals surface area contributed by atoms with Gasteiger partial charge in [0.2, 0.25) is 5.91 Å². The van der Waals surface area contributed by atoms with Crippen molar-refractivity contribution in [3.8, 4) is 11.5 Å². The third kappa shape index (κ3) is 4.29. The smallest absolute Gasteiger partial charge is 0.226 e. The van der Waals surface area contributed by atoms with Gasteiger partial charge >= 0.3 is 0 Å². The first-order valence-corrected chi connectivity index (χ1v) is 10.4. The van der Waals surface area contributed by atoms with Gasteiger partial charge in [-0.1, -0.05) is 31.2 Å². The minimum Gasteiger partial charge on any atom is -0.493 e. The van der Waals surface area contributed by atoms with Crippen LogP contribution < -0.4 is 9.47 Å². The van der Waals surface area contributed by atoms with Crippen LogP contribution in [0.4, 0.5) is 0 Å². The molecule has 0 unspecified atom stereocenters. The average Bonchev–Trinajstić information content (AvgIpc) is 2.74. The molecule has 29 heavy (non-hydrogen) atoms. The molecule has 0 aliphatic carbocycles. The van der Waals surface area contributed by atoms with Crippen molar-refractivity contribution in [2.45, 2.75) is 44.6 Å². The fourth-order valence-electron chi connectivity index (χ4n) is 4.12. The second kappa shape index (κ2) is 8.27. The number of carbonyl (C=O) groups excluding carboxylic acids is 2. The molecular formula is C24H27NO4. The number of hydrogen-bond donors (Lipinski definition) is 0. The van der Waals surface area contributed by atoms with Gasteiger partial charge in [-0.05, 0) is 36.2 Å². The Labute approximate surface area is 171 Å². The molecule has 2 aromatic rings. The number of nitrogens with zero attached hydrogens (tertiary/aromatic N) is 1. The highest BCUT2D eigenvalue weighted by atomic mass is 16.5. The van der Waals surface area contributed by atoms with Gasteiger partial charge in [-0.15, -0.1) is 0 Å². The predicted octanol–water partition coefficient (Wildman–Crippen LogP) is 4.04. The summed E-state index contributed by atoms with van der Waals surface area (Å²) in [6, 6.07) is 15.4. The summed E-state index contributed by atoms with van der Waals surface area (Å²) in [5, 5.41) is 0. The quantitative estimate of drug-likeness (QED) is 0.769. The van der Waals surface area contributed by atoms with Gasteiger partial charge in [0.25, 0.3) is 0 Å². The summed E-state index contributed by atoms with van der Waals surface area (Å²) >= 11 is 0. The van der Waals surface area contributed by atoms with E-state index in [4.69, 9.17) is 9.47 Å². The first-order chi connectivity index (χ1) is 14.1. The molecule has 4 rings (SSSR count). The van der Waals surface area contributed by atoms with Crippen LogP contribution >= 0.6 is 0 Å². The molecule has 5 nitrogen and oxygen atoms in total. The van der Waals surface area contributed by atoms with Gasteiger partial charge in [-0.3, -0.25) is 9.59 Å². The lowest BCUT2D eigenvalue weighted by atomic mass is 9.82. The van der Waals surface area contributed by atoms with E-state index in [0.29, 0.717) is 56.7 Å². The fourth-order valence-corrected chi connectivity index (χ4v) is 4.12. The van der Waals surface area contributed by atoms with Crippen LogP contribution in [0.1, 0.15) is 48.5 Å². The molecule has 0 saturated carbocycles. The number of piperidine rings is 1. The maximum atomic E-state index is 12.6. The Morgan fingerprint density at radius 1 is 1.10 bits per heavy atom. The van der Waals surface area contributed by atoms with Crippen LogP contribution in [0.2, 0.25) is 0 Å². The van der Waals surface area contributed by atoms with Crippen LogP contribution in [-0.4, -0.2) is 41.9 Å². The molecule has 5 heteroatoms. The van der Waals surface area contributed by atoms with Crippen LogP contribution in [-0.2, 0) is 11.2 Å². The van der Waals surface area contributed by atoms with Gasteiger partial charge < -0.3 is 14.4 Å². The summed E-state index contributed by atoms with van der Waals surface area (Å²) in [6.45, 7) is 3.71. The molecule has 1 saturated heterocycles. The molecule has 1 amide bonds. The number of amides is 1. The molecule has 0 aromatic heterocycles. The predicted molar refractivity (Wildman–Crippen MR) is 110 cm³/mol. The van der Waals surface area contributed by atoms with E-state index >= 15 is 0 Å². The largest absolute Gasteiger partial charge is 0.493 e. The number of hydrogen-bond acceptors (Lipinski definition) is 4. The Kier molecular flexibility index (Phi) is 5.56. The van der Waals surface area contributed by atoms with Crippen molar-refractivity contribution in [2.75, 3.05) is 19.7 Å². The molecule has 0 radical (unpaired) electrons. The number of benzene rings is 2. The maximum Gasteiger partial charge on any atom is 0.226 e. The second-order valence-electron chi connectivity index (χ2n) is 7.86. The number of rotatable bonds is 5. The zero-order chi connectivity index (χ0) is 20.3. The summed E-state index contributed by atoms with van der Waals surface area (Å²) in [7, 11) is 0. The molecule has 1 fully saturated rings. The van der Waals surface area contributed by atoms with Crippen molar-refractivity contribution in [2.24, 2.45) is 0 Å². The van der Waals surface area contributed by atoms with Crippen molar-refractivity contribution < 1.29 is 19.1 Å². The highest BCUT2D eigenvalue weighted by Gasteiger charge is 2.43. The maximum absolute atomic E-state index is 12.6. The fraction of sp³-hybridized carbons (Fsp3) is 0.417. The lowest BCUT2D eigenvalue weighted by Crippen LogP contribution is -2.52. The van der Waals surface area contributed by atoms with Crippen molar-refractivity contribution >= 4 is 11.7 Å². The number of ether oxygens (including phenoxy) is 2.